The van der Waals surface area contributed by atoms with Crippen molar-refractivity contribution in [1.82, 2.24) is 9.88 Å². The van der Waals surface area contributed by atoms with Gasteiger partial charge in [0, 0.05) is 25.6 Å². The van der Waals surface area contributed by atoms with Crippen LogP contribution in [0.5, 0.6) is 0 Å². The van der Waals surface area contributed by atoms with Gasteiger partial charge >= 0.3 is 0 Å². The highest BCUT2D eigenvalue weighted by Gasteiger charge is 2.23. The topological polar surface area (TPSA) is 62.7 Å². The maximum absolute atomic E-state index is 12.1. The van der Waals surface area contributed by atoms with E-state index < -0.39 is 6.10 Å². The summed E-state index contributed by atoms with van der Waals surface area (Å²) in [5, 5.41) is 11.9. The molecule has 0 bridgehead atoms. The van der Waals surface area contributed by atoms with Crippen molar-refractivity contribution in [2.24, 2.45) is 0 Å². The second-order valence-electron chi connectivity index (χ2n) is 4.94. The molecule has 2 atom stereocenters. The molecule has 19 heavy (non-hydrogen) atoms. The minimum Gasteiger partial charge on any atom is -0.393 e. The van der Waals surface area contributed by atoms with Crippen molar-refractivity contribution >= 4 is 17.2 Å². The van der Waals surface area contributed by atoms with Crippen LogP contribution in [0.15, 0.2) is 5.38 Å². The van der Waals surface area contributed by atoms with E-state index in [1.807, 2.05) is 0 Å². The molecule has 1 N–H and O–H groups in total. The van der Waals surface area contributed by atoms with Crippen molar-refractivity contribution in [2.45, 2.75) is 38.4 Å². The second-order valence-corrected chi connectivity index (χ2v) is 5.83. The number of thiazole rings is 1. The number of carbonyl (C=O) groups is 1. The molecule has 5 nitrogen and oxygen atoms in total. The summed E-state index contributed by atoms with van der Waals surface area (Å²) >= 11 is 1.48. The Hall–Kier alpha value is -0.980. The molecule has 0 saturated carbocycles. The minimum absolute atomic E-state index is 0.0642. The fourth-order valence-corrected chi connectivity index (χ4v) is 2.86. The summed E-state index contributed by atoms with van der Waals surface area (Å²) in [4.78, 5) is 18.1. The number of aliphatic hydroxyl groups excluding tert-OH is 1. The molecule has 0 aliphatic carbocycles. The fourth-order valence-electron chi connectivity index (χ4n) is 1.98. The van der Waals surface area contributed by atoms with Gasteiger partial charge in [0.1, 0.15) is 16.8 Å². The number of aromatic nitrogens is 1. The second kappa shape index (κ2) is 6.45. The van der Waals surface area contributed by atoms with E-state index in [2.05, 4.69) is 4.98 Å². The first-order chi connectivity index (χ1) is 9.08. The van der Waals surface area contributed by atoms with Crippen molar-refractivity contribution in [3.05, 3.63) is 16.1 Å². The molecule has 0 spiro atoms. The highest BCUT2D eigenvalue weighted by molar-refractivity contribution is 7.09. The molecular weight excluding hydrogens is 264 g/mol. The summed E-state index contributed by atoms with van der Waals surface area (Å²) in [5.41, 5.74) is 0.476. The molecule has 2 heterocycles. The van der Waals surface area contributed by atoms with Gasteiger partial charge in [0.2, 0.25) is 0 Å². The van der Waals surface area contributed by atoms with E-state index in [0.29, 0.717) is 18.7 Å². The number of carbonyl (C=O) groups excluding carboxylic acids is 1. The molecule has 1 amide bonds. The lowest BCUT2D eigenvalue weighted by atomic mass is 10.2. The Bertz CT molecular complexity index is 427. The quantitative estimate of drug-likeness (QED) is 0.896. The molecule has 6 heteroatoms. The average molecular weight is 284 g/mol. The first-order valence-electron chi connectivity index (χ1n) is 6.58. The fraction of sp³-hybridized carbons (Fsp3) is 0.692. The molecule has 1 saturated heterocycles. The van der Waals surface area contributed by atoms with E-state index in [0.717, 1.165) is 24.5 Å². The average Bonchev–Trinajstić information content (AvgIpc) is 3.04. The normalized spacial score (nSPS) is 20.5. The number of amides is 1. The smallest absolute Gasteiger partial charge is 0.273 e. The van der Waals surface area contributed by atoms with Crippen molar-refractivity contribution in [3.63, 3.8) is 0 Å². The number of hydrogen-bond acceptors (Lipinski definition) is 5. The van der Waals surface area contributed by atoms with Crippen LogP contribution in [-0.2, 0) is 4.74 Å². The standard InChI is InChI=1S/C13H20N2O3S/c1-9(16)5-6-15(2)13(17)10-8-19-12(14-10)11-4-3-7-18-11/h8-9,11,16H,3-7H2,1-2H3. The van der Waals surface area contributed by atoms with Gasteiger partial charge in [-0.05, 0) is 26.2 Å². The van der Waals surface area contributed by atoms with Crippen LogP contribution in [0.2, 0.25) is 0 Å². The van der Waals surface area contributed by atoms with Gasteiger partial charge in [-0.15, -0.1) is 11.3 Å². The summed E-state index contributed by atoms with van der Waals surface area (Å²) in [6, 6.07) is 0. The number of rotatable bonds is 5. The zero-order valence-electron chi connectivity index (χ0n) is 11.3. The molecule has 0 radical (unpaired) electrons. The van der Waals surface area contributed by atoms with Crippen LogP contribution in [0.4, 0.5) is 0 Å². The van der Waals surface area contributed by atoms with Gasteiger partial charge in [-0.25, -0.2) is 4.98 Å². The van der Waals surface area contributed by atoms with Gasteiger partial charge in [-0.3, -0.25) is 4.79 Å². The van der Waals surface area contributed by atoms with Crippen molar-refractivity contribution < 1.29 is 14.6 Å². The molecule has 1 aliphatic rings. The molecule has 2 rings (SSSR count). The zero-order chi connectivity index (χ0) is 13.8. The molecule has 2 unspecified atom stereocenters. The van der Waals surface area contributed by atoms with Gasteiger partial charge in [-0.1, -0.05) is 0 Å². The van der Waals surface area contributed by atoms with Gasteiger partial charge in [0.15, 0.2) is 0 Å². The molecule has 0 aromatic carbocycles. The minimum atomic E-state index is -0.395. The monoisotopic (exact) mass is 284 g/mol. The molecule has 1 aromatic rings. The zero-order valence-corrected chi connectivity index (χ0v) is 12.2. The first kappa shape index (κ1) is 14.4. The lowest BCUT2D eigenvalue weighted by Crippen LogP contribution is -2.29. The van der Waals surface area contributed by atoms with E-state index in [1.165, 1.54) is 11.3 Å². The molecule has 1 aromatic heterocycles. The lowest BCUT2D eigenvalue weighted by molar-refractivity contribution is 0.0762. The van der Waals surface area contributed by atoms with E-state index in [-0.39, 0.29) is 12.0 Å². The van der Waals surface area contributed by atoms with Gasteiger partial charge in [0.05, 0.1) is 6.10 Å². The van der Waals surface area contributed by atoms with Crippen LogP contribution in [0, 0.1) is 0 Å². The number of hydrogen-bond donors (Lipinski definition) is 1. The third-order valence-electron chi connectivity index (χ3n) is 3.18. The van der Waals surface area contributed by atoms with Crippen LogP contribution in [0.3, 0.4) is 0 Å². The van der Waals surface area contributed by atoms with E-state index in [4.69, 9.17) is 4.74 Å². The maximum atomic E-state index is 12.1. The van der Waals surface area contributed by atoms with Crippen LogP contribution < -0.4 is 0 Å². The Morgan fingerprint density at radius 1 is 1.74 bits per heavy atom. The summed E-state index contributed by atoms with van der Waals surface area (Å²) in [7, 11) is 1.73. The van der Waals surface area contributed by atoms with E-state index >= 15 is 0 Å². The highest BCUT2D eigenvalue weighted by Crippen LogP contribution is 2.30. The summed E-state index contributed by atoms with van der Waals surface area (Å²) in [5.74, 6) is -0.0962. The SMILES string of the molecule is CC(O)CCN(C)C(=O)c1csc(C2CCCO2)n1. The molecular formula is C13H20N2O3S. The third-order valence-corrected chi connectivity index (χ3v) is 4.11. The summed E-state index contributed by atoms with van der Waals surface area (Å²) in [6.07, 6.45) is 2.29. The van der Waals surface area contributed by atoms with Crippen LogP contribution in [-0.4, -0.2) is 47.2 Å². The number of nitrogens with zero attached hydrogens (tertiary/aromatic N) is 2. The Labute approximate surface area is 117 Å². The van der Waals surface area contributed by atoms with Crippen LogP contribution >= 0.6 is 11.3 Å². The van der Waals surface area contributed by atoms with Crippen molar-refractivity contribution in [1.29, 1.82) is 0 Å². The van der Waals surface area contributed by atoms with Gasteiger partial charge < -0.3 is 14.7 Å². The Morgan fingerprint density at radius 2 is 2.53 bits per heavy atom. The number of aliphatic hydroxyl groups is 1. The molecule has 106 valence electrons. The Kier molecular flexibility index (Phi) is 4.90. The van der Waals surface area contributed by atoms with Gasteiger partial charge in [-0.2, -0.15) is 0 Å². The first-order valence-corrected chi connectivity index (χ1v) is 7.46. The summed E-state index contributed by atoms with van der Waals surface area (Å²) < 4.78 is 5.56. The van der Waals surface area contributed by atoms with Crippen molar-refractivity contribution in [3.8, 4) is 0 Å². The van der Waals surface area contributed by atoms with E-state index in [9.17, 15) is 9.90 Å². The maximum Gasteiger partial charge on any atom is 0.273 e. The Morgan fingerprint density at radius 3 is 3.16 bits per heavy atom. The van der Waals surface area contributed by atoms with Gasteiger partial charge in [0.25, 0.3) is 5.91 Å². The predicted octanol–water partition coefficient (Wildman–Crippen LogP) is 1.84. The predicted molar refractivity (Wildman–Crippen MR) is 73.3 cm³/mol. The largest absolute Gasteiger partial charge is 0.393 e. The lowest BCUT2D eigenvalue weighted by Gasteiger charge is -2.16. The third kappa shape index (κ3) is 3.75. The van der Waals surface area contributed by atoms with Crippen LogP contribution in [0.1, 0.15) is 47.8 Å². The van der Waals surface area contributed by atoms with E-state index in [1.54, 1.807) is 24.3 Å². The molecule has 1 fully saturated rings. The highest BCUT2D eigenvalue weighted by atomic mass is 32.1. The summed E-state index contributed by atoms with van der Waals surface area (Å²) in [6.45, 7) is 3.03. The molecule has 1 aliphatic heterocycles. The van der Waals surface area contributed by atoms with Crippen LogP contribution in [0.25, 0.3) is 0 Å². The Balaban J connectivity index is 1.95. The van der Waals surface area contributed by atoms with Crippen molar-refractivity contribution in [2.75, 3.05) is 20.2 Å². The number of ether oxygens (including phenoxy) is 1.